The number of anilines is 2. The van der Waals surface area contributed by atoms with Gasteiger partial charge >= 0.3 is 0 Å². The molecule has 6 heteroatoms. The van der Waals surface area contributed by atoms with Crippen LogP contribution in [0.2, 0.25) is 0 Å². The Balaban J connectivity index is 2.39. The minimum Gasteiger partial charge on any atom is -0.398 e. The van der Waals surface area contributed by atoms with Gasteiger partial charge in [0.25, 0.3) is 10.0 Å². The summed E-state index contributed by atoms with van der Waals surface area (Å²) in [7, 11) is -3.72. The molecule has 1 aromatic carbocycles. The summed E-state index contributed by atoms with van der Waals surface area (Å²) in [5.41, 5.74) is 8.31. The van der Waals surface area contributed by atoms with Gasteiger partial charge in [0, 0.05) is 18.1 Å². The van der Waals surface area contributed by atoms with E-state index in [2.05, 4.69) is 9.71 Å². The average molecular weight is 277 g/mol. The van der Waals surface area contributed by atoms with Crippen molar-refractivity contribution in [3.8, 4) is 0 Å². The quantitative estimate of drug-likeness (QED) is 0.899. The topological polar surface area (TPSA) is 85.1 Å². The number of nitrogens with two attached hydrogens (primary N) is 1. The normalized spacial score (nSPS) is 11.3. The molecule has 0 unspecified atom stereocenters. The van der Waals surface area contributed by atoms with E-state index in [1.165, 1.54) is 18.5 Å². The molecule has 0 saturated heterocycles. The maximum Gasteiger partial charge on any atom is 0.265 e. The lowest BCUT2D eigenvalue weighted by Gasteiger charge is -2.10. The Kier molecular flexibility index (Phi) is 3.44. The number of nitrogen functional groups attached to an aromatic ring is 1. The van der Waals surface area contributed by atoms with E-state index < -0.39 is 10.0 Å². The van der Waals surface area contributed by atoms with Crippen molar-refractivity contribution in [2.75, 3.05) is 10.5 Å². The Morgan fingerprint density at radius 1 is 1.16 bits per heavy atom. The largest absolute Gasteiger partial charge is 0.398 e. The number of aromatic nitrogens is 1. The summed E-state index contributed by atoms with van der Waals surface area (Å²) < 4.78 is 26.9. The third-order valence-corrected chi connectivity index (χ3v) is 4.00. The fraction of sp³-hybridized carbons (Fsp3) is 0.154. The lowest BCUT2D eigenvalue weighted by atomic mass is 10.1. The Labute approximate surface area is 112 Å². The zero-order chi connectivity index (χ0) is 14.0. The molecule has 1 heterocycles. The highest BCUT2D eigenvalue weighted by Crippen LogP contribution is 2.21. The zero-order valence-corrected chi connectivity index (χ0v) is 11.5. The molecule has 0 spiro atoms. The molecule has 0 aliphatic heterocycles. The van der Waals surface area contributed by atoms with Crippen molar-refractivity contribution in [3.63, 3.8) is 0 Å². The second-order valence-corrected chi connectivity index (χ2v) is 6.05. The molecule has 1 aromatic heterocycles. The summed E-state index contributed by atoms with van der Waals surface area (Å²) in [6.07, 6.45) is 2.69. The second-order valence-electron chi connectivity index (χ2n) is 4.40. The predicted molar refractivity (Wildman–Crippen MR) is 75.4 cm³/mol. The van der Waals surface area contributed by atoms with Crippen molar-refractivity contribution in [1.82, 2.24) is 4.98 Å². The zero-order valence-electron chi connectivity index (χ0n) is 10.7. The van der Waals surface area contributed by atoms with Crippen LogP contribution in [0.4, 0.5) is 11.4 Å². The van der Waals surface area contributed by atoms with Crippen molar-refractivity contribution in [2.24, 2.45) is 0 Å². The maximum absolute atomic E-state index is 12.2. The average Bonchev–Trinajstić information content (AvgIpc) is 2.26. The van der Waals surface area contributed by atoms with E-state index in [1.807, 2.05) is 19.9 Å². The predicted octanol–water partition coefficient (Wildman–Crippen LogP) is 2.08. The molecule has 19 heavy (non-hydrogen) atoms. The van der Waals surface area contributed by atoms with Gasteiger partial charge in [-0.2, -0.15) is 0 Å². The summed E-state index contributed by atoms with van der Waals surface area (Å²) in [6.45, 7) is 3.81. The summed E-state index contributed by atoms with van der Waals surface area (Å²) in [6, 6.07) is 6.94. The van der Waals surface area contributed by atoms with Crippen molar-refractivity contribution < 1.29 is 8.42 Å². The van der Waals surface area contributed by atoms with Crippen molar-refractivity contribution in [2.45, 2.75) is 18.7 Å². The van der Waals surface area contributed by atoms with Gasteiger partial charge in [-0.1, -0.05) is 6.07 Å². The highest BCUT2D eigenvalue weighted by atomic mass is 32.2. The molecular weight excluding hydrogens is 262 g/mol. The van der Waals surface area contributed by atoms with Crippen molar-refractivity contribution in [3.05, 3.63) is 47.8 Å². The summed E-state index contributed by atoms with van der Waals surface area (Å²) in [5.74, 6) is 0. The van der Waals surface area contributed by atoms with Gasteiger partial charge in [0.2, 0.25) is 0 Å². The van der Waals surface area contributed by atoms with Crippen LogP contribution in [0.5, 0.6) is 0 Å². The number of sulfonamides is 1. The van der Waals surface area contributed by atoms with Crippen LogP contribution in [-0.4, -0.2) is 13.4 Å². The smallest absolute Gasteiger partial charge is 0.265 e. The highest BCUT2D eigenvalue weighted by Gasteiger charge is 2.17. The van der Waals surface area contributed by atoms with E-state index in [0.29, 0.717) is 5.69 Å². The molecule has 5 nitrogen and oxygen atoms in total. The van der Waals surface area contributed by atoms with E-state index in [0.717, 1.165) is 11.1 Å². The number of pyridine rings is 1. The monoisotopic (exact) mass is 277 g/mol. The molecular formula is C13H15N3O2S. The molecule has 0 saturated carbocycles. The Morgan fingerprint density at radius 3 is 2.37 bits per heavy atom. The third kappa shape index (κ3) is 3.03. The van der Waals surface area contributed by atoms with E-state index >= 15 is 0 Å². The molecule has 0 bridgehead atoms. The third-order valence-electron chi connectivity index (χ3n) is 2.58. The molecule has 0 amide bonds. The first kappa shape index (κ1) is 13.4. The standard InChI is InChI=1S/C13H15N3O2S/c1-9-5-10(2)7-11(6-9)16-19(17,18)13-8-15-4-3-12(13)14/h3-8,16H,1-2H3,(H2,14,15). The van der Waals surface area contributed by atoms with Crippen LogP contribution >= 0.6 is 0 Å². The number of rotatable bonds is 3. The Hall–Kier alpha value is -2.08. The van der Waals surface area contributed by atoms with Gasteiger partial charge in [-0.15, -0.1) is 0 Å². The lowest BCUT2D eigenvalue weighted by Crippen LogP contribution is -2.15. The van der Waals surface area contributed by atoms with Gasteiger partial charge in [-0.25, -0.2) is 8.42 Å². The van der Waals surface area contributed by atoms with Gasteiger partial charge < -0.3 is 5.73 Å². The first-order chi connectivity index (χ1) is 8.88. The van der Waals surface area contributed by atoms with E-state index in [1.54, 1.807) is 12.1 Å². The molecule has 0 atom stereocenters. The van der Waals surface area contributed by atoms with Gasteiger partial charge in [0.05, 0.1) is 5.69 Å². The van der Waals surface area contributed by atoms with Crippen LogP contribution in [0.15, 0.2) is 41.6 Å². The van der Waals surface area contributed by atoms with Crippen LogP contribution in [0.3, 0.4) is 0 Å². The summed E-state index contributed by atoms with van der Waals surface area (Å²) in [5, 5.41) is 0. The number of nitrogens with one attached hydrogen (secondary N) is 1. The van der Waals surface area contributed by atoms with Gasteiger partial charge in [0.15, 0.2) is 0 Å². The maximum atomic E-state index is 12.2. The van der Waals surface area contributed by atoms with Crippen molar-refractivity contribution >= 4 is 21.4 Å². The van der Waals surface area contributed by atoms with E-state index in [9.17, 15) is 8.42 Å². The highest BCUT2D eigenvalue weighted by molar-refractivity contribution is 7.92. The molecule has 3 N–H and O–H groups in total. The summed E-state index contributed by atoms with van der Waals surface area (Å²) in [4.78, 5) is 3.77. The minimum atomic E-state index is -3.72. The summed E-state index contributed by atoms with van der Waals surface area (Å²) >= 11 is 0. The molecule has 0 fully saturated rings. The van der Waals surface area contributed by atoms with Crippen LogP contribution in [-0.2, 0) is 10.0 Å². The van der Waals surface area contributed by atoms with E-state index in [4.69, 9.17) is 5.73 Å². The minimum absolute atomic E-state index is 0.0193. The number of nitrogens with zero attached hydrogens (tertiary/aromatic N) is 1. The number of aryl methyl sites for hydroxylation is 2. The SMILES string of the molecule is Cc1cc(C)cc(NS(=O)(=O)c2cnccc2N)c1. The van der Waals surface area contributed by atoms with Crippen LogP contribution in [0.1, 0.15) is 11.1 Å². The molecule has 2 aromatic rings. The lowest BCUT2D eigenvalue weighted by molar-refractivity contribution is 0.601. The Bertz CT molecular complexity index is 691. The van der Waals surface area contributed by atoms with Crippen LogP contribution < -0.4 is 10.5 Å². The molecule has 0 aliphatic rings. The van der Waals surface area contributed by atoms with Gasteiger partial charge in [-0.05, 0) is 43.2 Å². The molecule has 100 valence electrons. The number of benzene rings is 1. The van der Waals surface area contributed by atoms with Gasteiger partial charge in [0.1, 0.15) is 4.90 Å². The van der Waals surface area contributed by atoms with E-state index in [-0.39, 0.29) is 10.6 Å². The first-order valence-electron chi connectivity index (χ1n) is 5.69. The fourth-order valence-corrected chi connectivity index (χ4v) is 2.98. The second kappa shape index (κ2) is 4.89. The number of hydrogen-bond acceptors (Lipinski definition) is 4. The molecule has 0 aliphatic carbocycles. The van der Waals surface area contributed by atoms with Crippen LogP contribution in [0, 0.1) is 13.8 Å². The van der Waals surface area contributed by atoms with Gasteiger partial charge in [-0.3, -0.25) is 9.71 Å². The fourth-order valence-electron chi connectivity index (χ4n) is 1.86. The first-order valence-corrected chi connectivity index (χ1v) is 7.17. The van der Waals surface area contributed by atoms with Crippen LogP contribution in [0.25, 0.3) is 0 Å². The molecule has 0 radical (unpaired) electrons. The number of hydrogen-bond donors (Lipinski definition) is 2. The van der Waals surface area contributed by atoms with Crippen molar-refractivity contribution in [1.29, 1.82) is 0 Å². The Morgan fingerprint density at radius 2 is 1.79 bits per heavy atom. The molecule has 2 rings (SSSR count).